The SMILES string of the molecule is COc1cccc(OC)c1CCNC(=S)Nc1ncccc1Br. The van der Waals surface area contributed by atoms with Crippen molar-refractivity contribution in [3.8, 4) is 11.5 Å². The molecule has 7 heteroatoms. The zero-order valence-electron chi connectivity index (χ0n) is 12.9. The van der Waals surface area contributed by atoms with Gasteiger partial charge in [-0.05, 0) is 58.8 Å². The summed E-state index contributed by atoms with van der Waals surface area (Å²) in [5.41, 5.74) is 1.01. The van der Waals surface area contributed by atoms with Crippen LogP contribution in [0, 0.1) is 0 Å². The molecule has 0 aliphatic carbocycles. The second-order valence-corrected chi connectivity index (χ2v) is 5.87. The summed E-state index contributed by atoms with van der Waals surface area (Å²) in [7, 11) is 3.30. The highest BCUT2D eigenvalue weighted by Gasteiger charge is 2.10. The molecule has 0 saturated heterocycles. The first-order chi connectivity index (χ1) is 11.2. The number of pyridine rings is 1. The quantitative estimate of drug-likeness (QED) is 0.731. The molecule has 2 N–H and O–H groups in total. The number of thiocarbonyl (C=S) groups is 1. The molecule has 2 rings (SSSR count). The van der Waals surface area contributed by atoms with Crippen LogP contribution in [0.15, 0.2) is 41.0 Å². The summed E-state index contributed by atoms with van der Waals surface area (Å²) in [5, 5.41) is 6.72. The van der Waals surface area contributed by atoms with Crippen LogP contribution in [0.2, 0.25) is 0 Å². The molecule has 1 aromatic carbocycles. The predicted octanol–water partition coefficient (Wildman–Crippen LogP) is 3.39. The van der Waals surface area contributed by atoms with E-state index in [1.807, 2.05) is 30.3 Å². The van der Waals surface area contributed by atoms with Gasteiger partial charge in [0.25, 0.3) is 0 Å². The molecule has 122 valence electrons. The van der Waals surface area contributed by atoms with E-state index in [-0.39, 0.29) is 0 Å². The summed E-state index contributed by atoms with van der Waals surface area (Å²) >= 11 is 8.71. The van der Waals surface area contributed by atoms with Crippen molar-refractivity contribution in [1.82, 2.24) is 10.3 Å². The molecular formula is C16H18BrN3O2S. The third-order valence-corrected chi connectivity index (χ3v) is 4.07. The Hall–Kier alpha value is -1.86. The fourth-order valence-corrected chi connectivity index (χ4v) is 2.66. The van der Waals surface area contributed by atoms with Gasteiger partial charge in [0.15, 0.2) is 5.11 Å². The molecular weight excluding hydrogens is 378 g/mol. The maximum Gasteiger partial charge on any atom is 0.171 e. The molecule has 0 atom stereocenters. The normalized spacial score (nSPS) is 10.0. The highest BCUT2D eigenvalue weighted by atomic mass is 79.9. The van der Waals surface area contributed by atoms with E-state index in [2.05, 4.69) is 31.5 Å². The number of rotatable bonds is 6. The standard InChI is InChI=1S/C16H18BrN3O2S/c1-21-13-6-3-7-14(22-2)11(13)8-10-19-16(23)20-15-12(17)5-4-9-18-15/h3-7,9H,8,10H2,1-2H3,(H2,18,19,20,23). The summed E-state index contributed by atoms with van der Waals surface area (Å²) < 4.78 is 11.6. The molecule has 0 unspecified atom stereocenters. The van der Waals surface area contributed by atoms with Gasteiger partial charge in [-0.1, -0.05) is 6.07 Å². The van der Waals surface area contributed by atoms with E-state index in [0.29, 0.717) is 17.5 Å². The third-order valence-electron chi connectivity index (χ3n) is 3.18. The van der Waals surface area contributed by atoms with Crippen LogP contribution in [-0.2, 0) is 6.42 Å². The van der Waals surface area contributed by atoms with E-state index in [0.717, 1.165) is 28.0 Å². The Bertz CT molecular complexity index is 660. The van der Waals surface area contributed by atoms with Gasteiger partial charge < -0.3 is 20.1 Å². The van der Waals surface area contributed by atoms with Gasteiger partial charge in [-0.15, -0.1) is 0 Å². The minimum absolute atomic E-state index is 0.512. The van der Waals surface area contributed by atoms with Crippen LogP contribution in [0.5, 0.6) is 11.5 Å². The van der Waals surface area contributed by atoms with Crippen LogP contribution < -0.4 is 20.1 Å². The number of methoxy groups -OCH3 is 2. The summed E-state index contributed by atoms with van der Waals surface area (Å²) in [6.07, 6.45) is 2.42. The minimum Gasteiger partial charge on any atom is -0.496 e. The van der Waals surface area contributed by atoms with E-state index in [9.17, 15) is 0 Å². The molecule has 5 nitrogen and oxygen atoms in total. The van der Waals surface area contributed by atoms with Crippen molar-refractivity contribution < 1.29 is 9.47 Å². The van der Waals surface area contributed by atoms with Gasteiger partial charge in [-0.3, -0.25) is 0 Å². The fourth-order valence-electron chi connectivity index (χ4n) is 2.10. The van der Waals surface area contributed by atoms with Crippen molar-refractivity contribution in [2.24, 2.45) is 0 Å². The summed E-state index contributed by atoms with van der Waals surface area (Å²) in [5.74, 6) is 2.29. The lowest BCUT2D eigenvalue weighted by Crippen LogP contribution is -2.30. The van der Waals surface area contributed by atoms with Gasteiger partial charge in [0.05, 0.1) is 18.7 Å². The molecule has 1 heterocycles. The lowest BCUT2D eigenvalue weighted by atomic mass is 10.1. The molecule has 0 amide bonds. The Kier molecular flexibility index (Phi) is 6.61. The first-order valence-electron chi connectivity index (χ1n) is 7.01. The lowest BCUT2D eigenvalue weighted by Gasteiger charge is -2.14. The highest BCUT2D eigenvalue weighted by molar-refractivity contribution is 9.10. The number of anilines is 1. The number of halogens is 1. The first kappa shape index (κ1) is 17.5. The van der Waals surface area contributed by atoms with Gasteiger partial charge in [0.2, 0.25) is 0 Å². The molecule has 0 aliphatic rings. The van der Waals surface area contributed by atoms with Gasteiger partial charge in [-0.25, -0.2) is 4.98 Å². The molecule has 23 heavy (non-hydrogen) atoms. The Balaban J connectivity index is 1.92. The van der Waals surface area contributed by atoms with Crippen molar-refractivity contribution in [2.75, 3.05) is 26.1 Å². The molecule has 0 saturated carbocycles. The number of nitrogens with zero attached hydrogens (tertiary/aromatic N) is 1. The van der Waals surface area contributed by atoms with Gasteiger partial charge >= 0.3 is 0 Å². The molecule has 2 aromatic rings. The number of hydrogen-bond acceptors (Lipinski definition) is 4. The Morgan fingerprint density at radius 3 is 2.48 bits per heavy atom. The minimum atomic E-state index is 0.512. The number of ether oxygens (including phenoxy) is 2. The smallest absolute Gasteiger partial charge is 0.171 e. The highest BCUT2D eigenvalue weighted by Crippen LogP contribution is 2.28. The van der Waals surface area contributed by atoms with E-state index >= 15 is 0 Å². The average molecular weight is 396 g/mol. The molecule has 0 spiro atoms. The summed E-state index contributed by atoms with van der Waals surface area (Å²) in [6, 6.07) is 9.48. The van der Waals surface area contributed by atoms with Crippen LogP contribution in [0.25, 0.3) is 0 Å². The second kappa shape index (κ2) is 8.69. The van der Waals surface area contributed by atoms with Crippen LogP contribution in [-0.4, -0.2) is 30.9 Å². The van der Waals surface area contributed by atoms with E-state index < -0.39 is 0 Å². The molecule has 1 aromatic heterocycles. The van der Waals surface area contributed by atoms with Crippen LogP contribution >= 0.6 is 28.1 Å². The van der Waals surface area contributed by atoms with Crippen LogP contribution in [0.4, 0.5) is 5.82 Å². The zero-order valence-corrected chi connectivity index (χ0v) is 15.3. The maximum atomic E-state index is 5.38. The maximum absolute atomic E-state index is 5.38. The number of benzene rings is 1. The fraction of sp³-hybridized carbons (Fsp3) is 0.250. The van der Waals surface area contributed by atoms with Crippen molar-refractivity contribution in [2.45, 2.75) is 6.42 Å². The number of aromatic nitrogens is 1. The van der Waals surface area contributed by atoms with Gasteiger partial charge in [0.1, 0.15) is 17.3 Å². The topological polar surface area (TPSA) is 55.4 Å². The largest absolute Gasteiger partial charge is 0.496 e. The van der Waals surface area contributed by atoms with E-state index in [4.69, 9.17) is 21.7 Å². The van der Waals surface area contributed by atoms with E-state index in [1.165, 1.54) is 0 Å². The Morgan fingerprint density at radius 1 is 1.17 bits per heavy atom. The van der Waals surface area contributed by atoms with Gasteiger partial charge in [0, 0.05) is 18.3 Å². The number of nitrogens with one attached hydrogen (secondary N) is 2. The third kappa shape index (κ3) is 4.80. The first-order valence-corrected chi connectivity index (χ1v) is 8.21. The van der Waals surface area contributed by atoms with Gasteiger partial charge in [-0.2, -0.15) is 0 Å². The van der Waals surface area contributed by atoms with Crippen molar-refractivity contribution >= 4 is 39.1 Å². The Morgan fingerprint density at radius 2 is 1.87 bits per heavy atom. The monoisotopic (exact) mass is 395 g/mol. The molecule has 0 bridgehead atoms. The Labute approximate surface area is 149 Å². The lowest BCUT2D eigenvalue weighted by molar-refractivity contribution is 0.385. The predicted molar refractivity (Wildman–Crippen MR) is 99.4 cm³/mol. The molecule has 0 radical (unpaired) electrons. The zero-order chi connectivity index (χ0) is 16.7. The average Bonchev–Trinajstić information content (AvgIpc) is 2.57. The summed E-state index contributed by atoms with van der Waals surface area (Å²) in [6.45, 7) is 0.646. The number of hydrogen-bond donors (Lipinski definition) is 2. The van der Waals surface area contributed by atoms with Crippen LogP contribution in [0.3, 0.4) is 0 Å². The second-order valence-electron chi connectivity index (χ2n) is 4.61. The van der Waals surface area contributed by atoms with Crippen LogP contribution in [0.1, 0.15) is 5.56 Å². The van der Waals surface area contributed by atoms with Crippen molar-refractivity contribution in [3.63, 3.8) is 0 Å². The summed E-state index contributed by atoms with van der Waals surface area (Å²) in [4.78, 5) is 4.21. The molecule has 0 fully saturated rings. The van der Waals surface area contributed by atoms with Crippen molar-refractivity contribution in [1.29, 1.82) is 0 Å². The molecule has 0 aliphatic heterocycles. The van der Waals surface area contributed by atoms with E-state index in [1.54, 1.807) is 20.4 Å². The van der Waals surface area contributed by atoms with Crippen molar-refractivity contribution in [3.05, 3.63) is 46.6 Å².